The summed E-state index contributed by atoms with van der Waals surface area (Å²) in [5.74, 6) is -0.656. The van der Waals surface area contributed by atoms with Crippen LogP contribution in [0.1, 0.15) is 46.7 Å². The summed E-state index contributed by atoms with van der Waals surface area (Å²) in [6, 6.07) is 4.69. The molecule has 0 unspecified atom stereocenters. The number of aromatic nitrogens is 5. The molecular formula is C22H20F3N7O2. The normalized spacial score (nSPS) is 15.2. The van der Waals surface area contributed by atoms with Gasteiger partial charge < -0.3 is 15.3 Å². The van der Waals surface area contributed by atoms with Crippen molar-refractivity contribution in [3.8, 4) is 0 Å². The summed E-state index contributed by atoms with van der Waals surface area (Å²) in [6.45, 7) is 3.71. The Balaban J connectivity index is 1.61. The number of hydrogen-bond donors (Lipinski definition) is 2. The van der Waals surface area contributed by atoms with E-state index in [0.29, 0.717) is 22.5 Å². The van der Waals surface area contributed by atoms with Crippen molar-refractivity contribution in [1.29, 1.82) is 0 Å². The molecule has 5 rings (SSSR count). The smallest absolute Gasteiger partial charge is 0.266 e. The molecule has 0 spiro atoms. The first kappa shape index (κ1) is 22.0. The van der Waals surface area contributed by atoms with Gasteiger partial charge in [-0.1, -0.05) is 18.2 Å². The molecule has 12 heteroatoms. The van der Waals surface area contributed by atoms with E-state index in [1.54, 1.807) is 19.9 Å². The molecular weight excluding hydrogens is 451 g/mol. The summed E-state index contributed by atoms with van der Waals surface area (Å²) in [7, 11) is 0. The Morgan fingerprint density at radius 3 is 2.65 bits per heavy atom. The van der Waals surface area contributed by atoms with Gasteiger partial charge in [0.25, 0.3) is 12.3 Å². The fourth-order valence-corrected chi connectivity index (χ4v) is 4.06. The van der Waals surface area contributed by atoms with Crippen molar-refractivity contribution in [2.24, 2.45) is 0 Å². The number of nitrogens with one attached hydrogen (secondary N) is 1. The molecule has 4 aromatic rings. The summed E-state index contributed by atoms with van der Waals surface area (Å²) in [5.41, 5.74) is 0.285. The number of carbonyl (C=O) groups is 1. The van der Waals surface area contributed by atoms with E-state index >= 15 is 0 Å². The van der Waals surface area contributed by atoms with Gasteiger partial charge in [-0.3, -0.25) is 4.79 Å². The molecule has 1 aliphatic heterocycles. The van der Waals surface area contributed by atoms with E-state index in [-0.39, 0.29) is 35.9 Å². The number of likely N-dealkylation sites (tertiary alicyclic amines) is 1. The van der Waals surface area contributed by atoms with Gasteiger partial charge in [-0.15, -0.1) is 0 Å². The number of hydrogen-bond acceptors (Lipinski definition) is 7. The lowest BCUT2D eigenvalue weighted by Gasteiger charge is -2.35. The van der Waals surface area contributed by atoms with Crippen LogP contribution in [0, 0.1) is 12.7 Å². The van der Waals surface area contributed by atoms with Crippen molar-refractivity contribution in [2.75, 3.05) is 18.4 Å². The van der Waals surface area contributed by atoms with Gasteiger partial charge in [-0.25, -0.2) is 28.1 Å². The molecule has 4 heterocycles. The van der Waals surface area contributed by atoms with E-state index in [4.69, 9.17) is 0 Å². The largest absolute Gasteiger partial charge is 0.389 e. The number of aliphatic hydroxyl groups excluding tert-OH is 1. The molecule has 3 aromatic heterocycles. The highest BCUT2D eigenvalue weighted by molar-refractivity contribution is 6.05. The van der Waals surface area contributed by atoms with Crippen LogP contribution in [0.5, 0.6) is 0 Å². The van der Waals surface area contributed by atoms with Crippen molar-refractivity contribution in [2.45, 2.75) is 32.4 Å². The van der Waals surface area contributed by atoms with Crippen molar-refractivity contribution < 1.29 is 23.1 Å². The minimum absolute atomic E-state index is 0.0508. The van der Waals surface area contributed by atoms with Crippen LogP contribution in [-0.4, -0.2) is 59.7 Å². The second-order valence-corrected chi connectivity index (χ2v) is 8.19. The van der Waals surface area contributed by atoms with Gasteiger partial charge in [0.1, 0.15) is 23.8 Å². The number of nitrogens with zero attached hydrogens (tertiary/aromatic N) is 6. The van der Waals surface area contributed by atoms with Crippen molar-refractivity contribution in [3.63, 3.8) is 0 Å². The molecule has 0 aliphatic carbocycles. The van der Waals surface area contributed by atoms with Crippen LogP contribution in [0.2, 0.25) is 0 Å². The van der Waals surface area contributed by atoms with Gasteiger partial charge in [0.15, 0.2) is 11.3 Å². The zero-order valence-corrected chi connectivity index (χ0v) is 18.2. The molecule has 0 bridgehead atoms. The number of rotatable bonds is 5. The fraction of sp³-hybridized carbons (Fsp3) is 0.318. The van der Waals surface area contributed by atoms with Crippen molar-refractivity contribution in [1.82, 2.24) is 29.5 Å². The molecule has 34 heavy (non-hydrogen) atoms. The second-order valence-electron chi connectivity index (χ2n) is 8.19. The minimum Gasteiger partial charge on any atom is -0.389 e. The Labute approximate surface area is 191 Å². The number of β-amino-alcohol motifs (C(OH)–C–C–N with tert-alkyl or cyclic N) is 1. The Hall–Kier alpha value is -3.80. The Bertz CT molecular complexity index is 1420. The number of carbonyl (C=O) groups excluding carboxylic acids is 1. The SMILES string of the molecule is Cc1nc(N[C@H](C)c2cccc(C(F)F)c2F)c2cc(C(=O)N3CC(O)C3)c3ncnn3c2n1. The zero-order chi connectivity index (χ0) is 24.1. The maximum Gasteiger partial charge on any atom is 0.266 e. The maximum absolute atomic E-state index is 14.7. The number of fused-ring (bicyclic) bond motifs is 3. The molecule has 2 N–H and O–H groups in total. The Morgan fingerprint density at radius 1 is 1.21 bits per heavy atom. The third-order valence-corrected chi connectivity index (χ3v) is 5.81. The number of aryl methyl sites for hydroxylation is 1. The van der Waals surface area contributed by atoms with Crippen LogP contribution in [0.3, 0.4) is 0 Å². The predicted molar refractivity (Wildman–Crippen MR) is 116 cm³/mol. The quantitative estimate of drug-likeness (QED) is 0.461. The maximum atomic E-state index is 14.7. The van der Waals surface area contributed by atoms with Crippen LogP contribution in [0.25, 0.3) is 16.7 Å². The lowest BCUT2D eigenvalue weighted by atomic mass is 10.0. The number of aliphatic hydroxyl groups is 1. The van der Waals surface area contributed by atoms with E-state index in [1.165, 1.54) is 27.9 Å². The first-order chi connectivity index (χ1) is 16.2. The van der Waals surface area contributed by atoms with Crippen LogP contribution in [0.4, 0.5) is 19.0 Å². The summed E-state index contributed by atoms with van der Waals surface area (Å²) in [4.78, 5) is 27.6. The molecule has 1 atom stereocenters. The number of halogens is 3. The zero-order valence-electron chi connectivity index (χ0n) is 18.2. The monoisotopic (exact) mass is 471 g/mol. The number of pyridine rings is 1. The standard InChI is InChI=1S/C22H20F3N7O2/c1-10(13-4-3-5-14(17(13)23)18(24)25)28-19-15-6-16(22(34)31-7-12(33)8-31)20-26-9-27-32(20)21(15)30-11(2)29-19/h3-6,9-10,12,18,33H,7-8H2,1-2H3,(H,28,29,30)/t10-/m1/s1. The van der Waals surface area contributed by atoms with Crippen LogP contribution in [0.15, 0.2) is 30.6 Å². The lowest BCUT2D eigenvalue weighted by Crippen LogP contribution is -2.53. The summed E-state index contributed by atoms with van der Waals surface area (Å²) in [5, 5.41) is 17.3. The van der Waals surface area contributed by atoms with E-state index < -0.39 is 30.0 Å². The molecule has 1 saturated heterocycles. The molecule has 0 radical (unpaired) electrons. The number of amides is 1. The third kappa shape index (κ3) is 3.59. The molecule has 0 saturated carbocycles. The van der Waals surface area contributed by atoms with E-state index in [2.05, 4.69) is 25.4 Å². The van der Waals surface area contributed by atoms with Gasteiger partial charge in [0, 0.05) is 18.7 Å². The molecule has 1 amide bonds. The fourth-order valence-electron chi connectivity index (χ4n) is 4.06. The van der Waals surface area contributed by atoms with Crippen LogP contribution < -0.4 is 5.32 Å². The summed E-state index contributed by atoms with van der Waals surface area (Å²) in [6.07, 6.45) is -2.21. The van der Waals surface area contributed by atoms with E-state index in [9.17, 15) is 23.1 Å². The van der Waals surface area contributed by atoms with Gasteiger partial charge in [0.05, 0.1) is 28.7 Å². The van der Waals surface area contributed by atoms with Crippen LogP contribution >= 0.6 is 0 Å². The van der Waals surface area contributed by atoms with Gasteiger partial charge in [-0.2, -0.15) is 9.61 Å². The first-order valence-electron chi connectivity index (χ1n) is 10.6. The van der Waals surface area contributed by atoms with Crippen LogP contribution in [-0.2, 0) is 0 Å². The lowest BCUT2D eigenvalue weighted by molar-refractivity contribution is 0.00599. The minimum atomic E-state index is -2.94. The highest BCUT2D eigenvalue weighted by atomic mass is 19.3. The van der Waals surface area contributed by atoms with Gasteiger partial charge in [-0.05, 0) is 19.9 Å². The molecule has 176 valence electrons. The number of anilines is 1. The number of alkyl halides is 2. The average Bonchev–Trinajstić information content (AvgIpc) is 3.26. The number of benzene rings is 1. The third-order valence-electron chi connectivity index (χ3n) is 5.81. The summed E-state index contributed by atoms with van der Waals surface area (Å²) >= 11 is 0. The highest BCUT2D eigenvalue weighted by Gasteiger charge is 2.32. The van der Waals surface area contributed by atoms with Crippen molar-refractivity contribution >= 4 is 28.4 Å². The van der Waals surface area contributed by atoms with Crippen molar-refractivity contribution in [3.05, 3.63) is 58.9 Å². The summed E-state index contributed by atoms with van der Waals surface area (Å²) < 4.78 is 42.5. The molecule has 1 fully saturated rings. The molecule has 1 aromatic carbocycles. The first-order valence-corrected chi connectivity index (χ1v) is 10.6. The van der Waals surface area contributed by atoms with Gasteiger partial charge >= 0.3 is 0 Å². The molecule has 9 nitrogen and oxygen atoms in total. The average molecular weight is 471 g/mol. The topological polar surface area (TPSA) is 109 Å². The van der Waals surface area contributed by atoms with E-state index in [0.717, 1.165) is 6.07 Å². The predicted octanol–water partition coefficient (Wildman–Crippen LogP) is 3.05. The van der Waals surface area contributed by atoms with Gasteiger partial charge in [0.2, 0.25) is 0 Å². The highest BCUT2D eigenvalue weighted by Crippen LogP contribution is 2.31. The Morgan fingerprint density at radius 2 is 1.94 bits per heavy atom. The molecule has 1 aliphatic rings. The Kier molecular flexibility index (Phi) is 5.31. The van der Waals surface area contributed by atoms with E-state index in [1.807, 2.05) is 0 Å². The second kappa shape index (κ2) is 8.20.